The molecule has 1 rings (SSSR count). The van der Waals surface area contributed by atoms with Gasteiger partial charge in [-0.25, -0.2) is 0 Å². The SMILES string of the molecule is CC[C@H]1CCC(NC(C)C)CCN1C(C)C. The highest BCUT2D eigenvalue weighted by Crippen LogP contribution is 2.21. The van der Waals surface area contributed by atoms with Gasteiger partial charge in [0.25, 0.3) is 0 Å². The fourth-order valence-electron chi connectivity index (χ4n) is 2.95. The Morgan fingerprint density at radius 3 is 2.31 bits per heavy atom. The van der Waals surface area contributed by atoms with Crippen molar-refractivity contribution in [2.75, 3.05) is 6.54 Å². The summed E-state index contributed by atoms with van der Waals surface area (Å²) in [6, 6.07) is 2.86. The van der Waals surface area contributed by atoms with Gasteiger partial charge in [-0.15, -0.1) is 0 Å². The zero-order valence-corrected chi connectivity index (χ0v) is 11.8. The van der Waals surface area contributed by atoms with Crippen molar-refractivity contribution in [2.45, 2.75) is 84.5 Å². The Bertz CT molecular complexity index is 189. The van der Waals surface area contributed by atoms with Gasteiger partial charge in [-0.05, 0) is 39.5 Å². The Kier molecular flexibility index (Phi) is 5.77. The van der Waals surface area contributed by atoms with E-state index in [4.69, 9.17) is 0 Å². The van der Waals surface area contributed by atoms with Crippen molar-refractivity contribution >= 4 is 0 Å². The van der Waals surface area contributed by atoms with E-state index in [1.165, 1.54) is 32.2 Å². The quantitative estimate of drug-likeness (QED) is 0.792. The normalized spacial score (nSPS) is 28.7. The zero-order chi connectivity index (χ0) is 12.1. The van der Waals surface area contributed by atoms with Gasteiger partial charge in [-0.3, -0.25) is 4.90 Å². The van der Waals surface area contributed by atoms with E-state index in [0.29, 0.717) is 12.1 Å². The van der Waals surface area contributed by atoms with Crippen molar-refractivity contribution in [1.82, 2.24) is 10.2 Å². The minimum absolute atomic E-state index is 0.621. The first-order valence-corrected chi connectivity index (χ1v) is 7.06. The third-order valence-corrected chi connectivity index (χ3v) is 3.76. The van der Waals surface area contributed by atoms with Crippen LogP contribution in [0.5, 0.6) is 0 Å². The van der Waals surface area contributed by atoms with Crippen molar-refractivity contribution in [3.05, 3.63) is 0 Å². The number of nitrogens with zero attached hydrogens (tertiary/aromatic N) is 1. The minimum atomic E-state index is 0.621. The molecule has 96 valence electrons. The summed E-state index contributed by atoms with van der Waals surface area (Å²) < 4.78 is 0. The Labute approximate surface area is 102 Å². The van der Waals surface area contributed by atoms with E-state index in [2.05, 4.69) is 44.8 Å². The third kappa shape index (κ3) is 4.06. The van der Waals surface area contributed by atoms with Gasteiger partial charge in [0.05, 0.1) is 0 Å². The highest BCUT2D eigenvalue weighted by Gasteiger charge is 2.25. The average Bonchev–Trinajstić information content (AvgIpc) is 2.39. The molecule has 1 unspecified atom stereocenters. The molecule has 0 spiro atoms. The molecule has 0 aromatic heterocycles. The Morgan fingerprint density at radius 1 is 1.12 bits per heavy atom. The lowest BCUT2D eigenvalue weighted by atomic mass is 10.0. The molecule has 1 heterocycles. The number of nitrogens with one attached hydrogen (secondary N) is 1. The molecular weight excluding hydrogens is 196 g/mol. The Hall–Kier alpha value is -0.0800. The maximum absolute atomic E-state index is 3.70. The van der Waals surface area contributed by atoms with Gasteiger partial charge in [0.15, 0.2) is 0 Å². The summed E-state index contributed by atoms with van der Waals surface area (Å²) in [4.78, 5) is 2.70. The highest BCUT2D eigenvalue weighted by molar-refractivity contribution is 4.83. The Morgan fingerprint density at radius 2 is 1.81 bits per heavy atom. The lowest BCUT2D eigenvalue weighted by molar-refractivity contribution is 0.152. The maximum Gasteiger partial charge on any atom is 0.00959 e. The number of hydrogen-bond donors (Lipinski definition) is 1. The topological polar surface area (TPSA) is 15.3 Å². The molecule has 16 heavy (non-hydrogen) atoms. The van der Waals surface area contributed by atoms with E-state index in [9.17, 15) is 0 Å². The van der Waals surface area contributed by atoms with Crippen LogP contribution in [0, 0.1) is 0 Å². The molecule has 1 aliphatic heterocycles. The van der Waals surface area contributed by atoms with Gasteiger partial charge in [0.2, 0.25) is 0 Å². The molecule has 0 radical (unpaired) electrons. The summed E-state index contributed by atoms with van der Waals surface area (Å²) in [6.07, 6.45) is 5.32. The summed E-state index contributed by atoms with van der Waals surface area (Å²) in [5, 5.41) is 3.70. The molecular formula is C14H30N2. The first-order chi connectivity index (χ1) is 7.54. The standard InChI is InChI=1S/C14H30N2/c1-6-14-8-7-13(15-11(2)3)9-10-16(14)12(4)5/h11-15H,6-10H2,1-5H3/t13?,14-/m0/s1. The number of hydrogen-bond acceptors (Lipinski definition) is 2. The summed E-state index contributed by atoms with van der Waals surface area (Å²) in [5.74, 6) is 0. The van der Waals surface area contributed by atoms with Crippen LogP contribution in [0.2, 0.25) is 0 Å². The maximum atomic E-state index is 3.70. The summed E-state index contributed by atoms with van der Waals surface area (Å²) in [7, 11) is 0. The van der Waals surface area contributed by atoms with Crippen LogP contribution >= 0.6 is 0 Å². The second-order valence-corrected chi connectivity index (χ2v) is 5.78. The van der Waals surface area contributed by atoms with Gasteiger partial charge in [0, 0.05) is 30.7 Å². The van der Waals surface area contributed by atoms with E-state index in [1.54, 1.807) is 0 Å². The van der Waals surface area contributed by atoms with Crippen molar-refractivity contribution in [2.24, 2.45) is 0 Å². The van der Waals surface area contributed by atoms with E-state index in [-0.39, 0.29) is 0 Å². The van der Waals surface area contributed by atoms with Crippen LogP contribution in [0.4, 0.5) is 0 Å². The van der Waals surface area contributed by atoms with Crippen LogP contribution in [0.15, 0.2) is 0 Å². The largest absolute Gasteiger partial charge is 0.312 e. The van der Waals surface area contributed by atoms with Gasteiger partial charge < -0.3 is 5.32 Å². The smallest absolute Gasteiger partial charge is 0.00959 e. The van der Waals surface area contributed by atoms with Crippen LogP contribution in [0.3, 0.4) is 0 Å². The van der Waals surface area contributed by atoms with Crippen molar-refractivity contribution in [3.8, 4) is 0 Å². The summed E-state index contributed by atoms with van der Waals surface area (Å²) in [6.45, 7) is 12.8. The molecule has 0 saturated carbocycles. The van der Waals surface area contributed by atoms with Crippen molar-refractivity contribution in [1.29, 1.82) is 0 Å². The third-order valence-electron chi connectivity index (χ3n) is 3.76. The van der Waals surface area contributed by atoms with E-state index in [0.717, 1.165) is 12.1 Å². The predicted molar refractivity (Wildman–Crippen MR) is 71.8 cm³/mol. The van der Waals surface area contributed by atoms with Gasteiger partial charge >= 0.3 is 0 Å². The van der Waals surface area contributed by atoms with Crippen molar-refractivity contribution < 1.29 is 0 Å². The highest BCUT2D eigenvalue weighted by atomic mass is 15.2. The first kappa shape index (κ1) is 14.0. The molecule has 2 atom stereocenters. The lowest BCUT2D eigenvalue weighted by Gasteiger charge is -2.32. The average molecular weight is 226 g/mol. The molecule has 1 fully saturated rings. The zero-order valence-electron chi connectivity index (χ0n) is 11.8. The molecule has 0 bridgehead atoms. The fourth-order valence-corrected chi connectivity index (χ4v) is 2.95. The van der Waals surface area contributed by atoms with Crippen molar-refractivity contribution in [3.63, 3.8) is 0 Å². The molecule has 0 aromatic rings. The summed E-state index contributed by atoms with van der Waals surface area (Å²) in [5.41, 5.74) is 0. The molecule has 1 saturated heterocycles. The van der Waals surface area contributed by atoms with Crippen LogP contribution in [0.1, 0.15) is 60.3 Å². The fraction of sp³-hybridized carbons (Fsp3) is 1.00. The molecule has 0 amide bonds. The first-order valence-electron chi connectivity index (χ1n) is 7.06. The molecule has 0 aromatic carbocycles. The monoisotopic (exact) mass is 226 g/mol. The predicted octanol–water partition coefficient (Wildman–Crippen LogP) is 3.03. The molecule has 2 nitrogen and oxygen atoms in total. The van der Waals surface area contributed by atoms with E-state index < -0.39 is 0 Å². The molecule has 0 aliphatic carbocycles. The van der Waals surface area contributed by atoms with E-state index >= 15 is 0 Å². The van der Waals surface area contributed by atoms with Crippen LogP contribution in [0.25, 0.3) is 0 Å². The Balaban J connectivity index is 2.53. The van der Waals surface area contributed by atoms with Crippen LogP contribution < -0.4 is 5.32 Å². The van der Waals surface area contributed by atoms with Gasteiger partial charge in [-0.1, -0.05) is 20.8 Å². The van der Waals surface area contributed by atoms with Gasteiger partial charge in [0.1, 0.15) is 0 Å². The second-order valence-electron chi connectivity index (χ2n) is 5.78. The second kappa shape index (κ2) is 6.61. The molecule has 1 aliphatic rings. The number of rotatable bonds is 4. The molecule has 1 N–H and O–H groups in total. The minimum Gasteiger partial charge on any atom is -0.312 e. The van der Waals surface area contributed by atoms with Crippen LogP contribution in [-0.2, 0) is 0 Å². The van der Waals surface area contributed by atoms with Gasteiger partial charge in [-0.2, -0.15) is 0 Å². The lowest BCUT2D eigenvalue weighted by Crippen LogP contribution is -2.40. The van der Waals surface area contributed by atoms with Crippen LogP contribution in [-0.4, -0.2) is 35.6 Å². The summed E-state index contributed by atoms with van der Waals surface area (Å²) >= 11 is 0. The molecule has 2 heteroatoms. The number of likely N-dealkylation sites (tertiary alicyclic amines) is 1. The van der Waals surface area contributed by atoms with E-state index in [1.807, 2.05) is 0 Å².